The quantitative estimate of drug-likeness (QED) is 0.206. The molecule has 0 aromatic heterocycles. The Kier molecular flexibility index (Phi) is 18.1. The van der Waals surface area contributed by atoms with Gasteiger partial charge in [0.05, 0.1) is 6.61 Å². The SMILES string of the molecule is CCCCCCCCCCCCCCCCOC(=O)C(C)NP. The molecule has 0 spiro atoms. The minimum atomic E-state index is -0.230. The Morgan fingerprint density at radius 2 is 1.22 bits per heavy atom. The first-order chi connectivity index (χ1) is 11.2. The average molecular weight is 346 g/mol. The van der Waals surface area contributed by atoms with Crippen molar-refractivity contribution in [2.75, 3.05) is 6.61 Å². The summed E-state index contributed by atoms with van der Waals surface area (Å²) in [6.45, 7) is 4.64. The second-order valence-electron chi connectivity index (χ2n) is 6.65. The molecule has 0 fully saturated rings. The van der Waals surface area contributed by atoms with Gasteiger partial charge in [0.25, 0.3) is 0 Å². The van der Waals surface area contributed by atoms with E-state index in [1.807, 2.05) is 0 Å². The molecule has 0 aliphatic carbocycles. The van der Waals surface area contributed by atoms with E-state index < -0.39 is 0 Å². The Balaban J connectivity index is 3.09. The highest BCUT2D eigenvalue weighted by Crippen LogP contribution is 2.12. The van der Waals surface area contributed by atoms with Crippen LogP contribution in [0.25, 0.3) is 0 Å². The molecule has 4 heteroatoms. The third kappa shape index (κ3) is 16.5. The molecule has 0 aromatic carbocycles. The molecule has 1 N–H and O–H groups in total. The first kappa shape index (κ1) is 22.9. The second-order valence-corrected chi connectivity index (χ2v) is 6.99. The molecule has 0 saturated heterocycles. The zero-order chi connectivity index (χ0) is 17.2. The summed E-state index contributed by atoms with van der Waals surface area (Å²) in [4.78, 5) is 11.4. The van der Waals surface area contributed by atoms with Crippen LogP contribution in [-0.4, -0.2) is 18.6 Å². The highest BCUT2D eigenvalue weighted by atomic mass is 31.0. The van der Waals surface area contributed by atoms with Gasteiger partial charge in [0.1, 0.15) is 6.04 Å². The molecule has 0 radical (unpaired) electrons. The van der Waals surface area contributed by atoms with Gasteiger partial charge >= 0.3 is 5.97 Å². The fourth-order valence-electron chi connectivity index (χ4n) is 2.66. The van der Waals surface area contributed by atoms with E-state index in [0.717, 1.165) is 6.42 Å². The Labute approximate surface area is 147 Å². The number of unbranched alkanes of at least 4 members (excludes halogenated alkanes) is 13. The van der Waals surface area contributed by atoms with Crippen LogP contribution in [0.3, 0.4) is 0 Å². The summed E-state index contributed by atoms with van der Waals surface area (Å²) in [7, 11) is 2.34. The van der Waals surface area contributed by atoms with E-state index in [1.165, 1.54) is 83.5 Å². The van der Waals surface area contributed by atoms with Gasteiger partial charge in [-0.2, -0.15) is 0 Å². The molecular weight excluding hydrogens is 305 g/mol. The van der Waals surface area contributed by atoms with Crippen LogP contribution in [0.15, 0.2) is 0 Å². The molecule has 0 aliphatic rings. The summed E-state index contributed by atoms with van der Waals surface area (Å²) in [6.07, 6.45) is 18.8. The second kappa shape index (κ2) is 18.2. The van der Waals surface area contributed by atoms with Gasteiger partial charge in [0, 0.05) is 0 Å². The molecule has 2 atom stereocenters. The molecule has 138 valence electrons. The highest BCUT2D eigenvalue weighted by molar-refractivity contribution is 7.13. The van der Waals surface area contributed by atoms with Gasteiger partial charge in [-0.1, -0.05) is 99.8 Å². The number of carbonyl (C=O) groups is 1. The molecule has 2 unspecified atom stereocenters. The molecular formula is C19H40NO2P. The Bertz CT molecular complexity index is 262. The monoisotopic (exact) mass is 345 g/mol. The van der Waals surface area contributed by atoms with Crippen LogP contribution in [0.2, 0.25) is 0 Å². The lowest BCUT2D eigenvalue weighted by Gasteiger charge is -2.09. The average Bonchev–Trinajstić information content (AvgIpc) is 2.57. The maximum atomic E-state index is 11.4. The largest absolute Gasteiger partial charge is 0.465 e. The summed E-state index contributed by atoms with van der Waals surface area (Å²) in [5, 5.41) is 2.81. The molecule has 0 bridgehead atoms. The van der Waals surface area contributed by atoms with Crippen molar-refractivity contribution in [2.45, 2.75) is 110 Å². The summed E-state index contributed by atoms with van der Waals surface area (Å²) in [5.41, 5.74) is 0. The van der Waals surface area contributed by atoms with Crippen molar-refractivity contribution in [3.05, 3.63) is 0 Å². The van der Waals surface area contributed by atoms with E-state index in [0.29, 0.717) is 6.61 Å². The fraction of sp³-hybridized carbons (Fsp3) is 0.947. The van der Waals surface area contributed by atoms with Crippen molar-refractivity contribution in [2.24, 2.45) is 0 Å². The lowest BCUT2D eigenvalue weighted by molar-refractivity contribution is -0.145. The number of esters is 1. The normalized spacial score (nSPS) is 12.3. The molecule has 0 heterocycles. The molecule has 0 aliphatic heterocycles. The summed E-state index contributed by atoms with van der Waals surface area (Å²) < 4.78 is 5.19. The van der Waals surface area contributed by atoms with E-state index in [2.05, 4.69) is 21.4 Å². The number of hydrogen-bond acceptors (Lipinski definition) is 3. The van der Waals surface area contributed by atoms with Crippen molar-refractivity contribution in [3.8, 4) is 0 Å². The first-order valence-electron chi connectivity index (χ1n) is 9.85. The Morgan fingerprint density at radius 1 is 0.826 bits per heavy atom. The maximum absolute atomic E-state index is 11.4. The predicted octanol–water partition coefficient (Wildman–Crippen LogP) is 5.78. The van der Waals surface area contributed by atoms with E-state index in [1.54, 1.807) is 6.92 Å². The number of ether oxygens (including phenoxy) is 1. The fourth-order valence-corrected chi connectivity index (χ4v) is 2.80. The van der Waals surface area contributed by atoms with E-state index in [-0.39, 0.29) is 12.0 Å². The van der Waals surface area contributed by atoms with Gasteiger partial charge in [-0.15, -0.1) is 0 Å². The van der Waals surface area contributed by atoms with Crippen LogP contribution in [0, 0.1) is 0 Å². The van der Waals surface area contributed by atoms with Gasteiger partial charge in [-0.25, -0.2) is 0 Å². The van der Waals surface area contributed by atoms with Crippen molar-refractivity contribution < 1.29 is 9.53 Å². The third-order valence-corrected chi connectivity index (χ3v) is 4.85. The van der Waals surface area contributed by atoms with Crippen LogP contribution in [0.5, 0.6) is 0 Å². The molecule has 0 aromatic rings. The Morgan fingerprint density at radius 3 is 1.61 bits per heavy atom. The third-order valence-electron chi connectivity index (χ3n) is 4.35. The summed E-state index contributed by atoms with van der Waals surface area (Å²) in [5.74, 6) is -0.158. The van der Waals surface area contributed by atoms with Crippen LogP contribution in [0.4, 0.5) is 0 Å². The minimum Gasteiger partial charge on any atom is -0.465 e. The van der Waals surface area contributed by atoms with Crippen LogP contribution in [-0.2, 0) is 9.53 Å². The van der Waals surface area contributed by atoms with Crippen molar-refractivity contribution in [1.29, 1.82) is 0 Å². The maximum Gasteiger partial charge on any atom is 0.323 e. The molecule has 23 heavy (non-hydrogen) atoms. The summed E-state index contributed by atoms with van der Waals surface area (Å²) >= 11 is 0. The van der Waals surface area contributed by atoms with E-state index >= 15 is 0 Å². The van der Waals surface area contributed by atoms with Crippen molar-refractivity contribution in [3.63, 3.8) is 0 Å². The van der Waals surface area contributed by atoms with Crippen LogP contribution < -0.4 is 5.09 Å². The Hall–Kier alpha value is -0.140. The van der Waals surface area contributed by atoms with Crippen molar-refractivity contribution >= 4 is 15.4 Å². The zero-order valence-corrected chi connectivity index (χ0v) is 16.7. The molecule has 0 saturated carbocycles. The van der Waals surface area contributed by atoms with E-state index in [9.17, 15) is 4.79 Å². The molecule has 0 amide bonds. The zero-order valence-electron chi connectivity index (χ0n) is 15.6. The predicted molar refractivity (Wildman–Crippen MR) is 104 cm³/mol. The number of rotatable bonds is 17. The topological polar surface area (TPSA) is 38.3 Å². The standard InChI is InChI=1S/C19H40NO2P/c1-3-4-5-6-7-8-9-10-11-12-13-14-15-16-17-22-19(21)18(2)20-23/h18,20H,3-17,23H2,1-2H3. The van der Waals surface area contributed by atoms with Gasteiger partial charge < -0.3 is 4.74 Å². The molecule has 0 rings (SSSR count). The smallest absolute Gasteiger partial charge is 0.323 e. The first-order valence-corrected chi connectivity index (χ1v) is 10.4. The lowest BCUT2D eigenvalue weighted by atomic mass is 10.0. The van der Waals surface area contributed by atoms with Gasteiger partial charge in [-0.05, 0) is 13.3 Å². The van der Waals surface area contributed by atoms with E-state index in [4.69, 9.17) is 4.74 Å². The number of nitrogens with one attached hydrogen (secondary N) is 1. The minimum absolute atomic E-state index is 0.158. The van der Waals surface area contributed by atoms with Gasteiger partial charge in [0.2, 0.25) is 0 Å². The van der Waals surface area contributed by atoms with Crippen molar-refractivity contribution in [1.82, 2.24) is 5.09 Å². The van der Waals surface area contributed by atoms with Crippen LogP contribution >= 0.6 is 9.39 Å². The number of carbonyl (C=O) groups excluding carboxylic acids is 1. The molecule has 3 nitrogen and oxygen atoms in total. The lowest BCUT2D eigenvalue weighted by Crippen LogP contribution is -2.29. The van der Waals surface area contributed by atoms with Crippen LogP contribution in [0.1, 0.15) is 104 Å². The van der Waals surface area contributed by atoms with Gasteiger partial charge in [0.15, 0.2) is 0 Å². The highest BCUT2D eigenvalue weighted by Gasteiger charge is 2.10. The van der Waals surface area contributed by atoms with Gasteiger partial charge in [-0.3, -0.25) is 9.88 Å². The summed E-state index contributed by atoms with van der Waals surface area (Å²) in [6, 6.07) is -0.230. The number of hydrogen-bond donors (Lipinski definition) is 1.